The Kier molecular flexibility index (Phi) is 5.25. The van der Waals surface area contributed by atoms with E-state index < -0.39 is 11.6 Å². The van der Waals surface area contributed by atoms with Gasteiger partial charge in [0.2, 0.25) is 5.91 Å². The van der Waals surface area contributed by atoms with Gasteiger partial charge in [-0.1, -0.05) is 19.8 Å². The molecule has 1 saturated heterocycles. The summed E-state index contributed by atoms with van der Waals surface area (Å²) >= 11 is 0. The SMILES string of the molecule is CCOC(=O)C1CCCCN1C(=O)C1(N)CCCC(C)C1. The van der Waals surface area contributed by atoms with Crippen LogP contribution in [0.25, 0.3) is 0 Å². The maximum Gasteiger partial charge on any atom is 0.328 e. The maximum absolute atomic E-state index is 12.9. The van der Waals surface area contributed by atoms with Crippen LogP contribution in [0.4, 0.5) is 0 Å². The Balaban J connectivity index is 2.12. The van der Waals surface area contributed by atoms with Crippen LogP contribution in [0.2, 0.25) is 0 Å². The average molecular weight is 296 g/mol. The number of hydrogen-bond acceptors (Lipinski definition) is 4. The molecule has 3 atom stereocenters. The zero-order valence-electron chi connectivity index (χ0n) is 13.3. The van der Waals surface area contributed by atoms with Crippen LogP contribution in [0.5, 0.6) is 0 Å². The van der Waals surface area contributed by atoms with E-state index in [4.69, 9.17) is 10.5 Å². The lowest BCUT2D eigenvalue weighted by atomic mass is 9.75. The molecule has 5 heteroatoms. The molecule has 0 radical (unpaired) electrons. The number of ether oxygens (including phenoxy) is 1. The second kappa shape index (κ2) is 6.77. The van der Waals surface area contributed by atoms with Crippen molar-refractivity contribution in [3.05, 3.63) is 0 Å². The molecule has 1 saturated carbocycles. The van der Waals surface area contributed by atoms with E-state index in [1.165, 1.54) is 0 Å². The molecule has 0 bridgehead atoms. The molecular weight excluding hydrogens is 268 g/mol. The summed E-state index contributed by atoms with van der Waals surface area (Å²) in [7, 11) is 0. The third kappa shape index (κ3) is 3.57. The van der Waals surface area contributed by atoms with Gasteiger partial charge in [-0.2, -0.15) is 0 Å². The molecule has 1 heterocycles. The third-order valence-corrected chi connectivity index (χ3v) is 4.78. The highest BCUT2D eigenvalue weighted by Gasteiger charge is 2.44. The smallest absolute Gasteiger partial charge is 0.328 e. The van der Waals surface area contributed by atoms with E-state index in [1.54, 1.807) is 11.8 Å². The molecule has 0 aromatic rings. The summed E-state index contributed by atoms with van der Waals surface area (Å²) in [6, 6.07) is -0.441. The number of esters is 1. The van der Waals surface area contributed by atoms with Gasteiger partial charge >= 0.3 is 5.97 Å². The Bertz CT molecular complexity index is 399. The standard InChI is InChI=1S/C16H28N2O3/c1-3-21-14(19)13-8-4-5-10-18(13)15(20)16(17)9-6-7-12(2)11-16/h12-13H,3-11,17H2,1-2H3. The average Bonchev–Trinajstić information content (AvgIpc) is 2.46. The molecule has 2 aliphatic rings. The fourth-order valence-corrected chi connectivity index (χ4v) is 3.73. The highest BCUT2D eigenvalue weighted by Crippen LogP contribution is 2.33. The first-order valence-corrected chi connectivity index (χ1v) is 8.24. The molecule has 0 aromatic heterocycles. The first kappa shape index (κ1) is 16.3. The van der Waals surface area contributed by atoms with Crippen LogP contribution in [0.3, 0.4) is 0 Å². The number of rotatable bonds is 3. The first-order chi connectivity index (χ1) is 9.98. The van der Waals surface area contributed by atoms with E-state index in [-0.39, 0.29) is 11.9 Å². The number of likely N-dealkylation sites (tertiary alicyclic amines) is 1. The van der Waals surface area contributed by atoms with Crippen molar-refractivity contribution in [2.45, 2.75) is 70.4 Å². The van der Waals surface area contributed by atoms with Crippen LogP contribution in [-0.2, 0) is 14.3 Å². The predicted molar refractivity (Wildman–Crippen MR) is 80.5 cm³/mol. The molecular formula is C16H28N2O3. The summed E-state index contributed by atoms with van der Waals surface area (Å²) in [6.07, 6.45) is 6.15. The fourth-order valence-electron chi connectivity index (χ4n) is 3.73. The molecule has 0 aromatic carbocycles. The van der Waals surface area contributed by atoms with E-state index in [0.717, 1.165) is 38.5 Å². The topological polar surface area (TPSA) is 72.6 Å². The van der Waals surface area contributed by atoms with Crippen molar-refractivity contribution in [2.75, 3.05) is 13.2 Å². The van der Waals surface area contributed by atoms with Crippen molar-refractivity contribution in [3.8, 4) is 0 Å². The number of nitrogens with two attached hydrogens (primary N) is 1. The van der Waals surface area contributed by atoms with Crippen molar-refractivity contribution in [1.29, 1.82) is 0 Å². The number of amides is 1. The molecule has 1 aliphatic carbocycles. The number of carbonyl (C=O) groups excluding carboxylic acids is 2. The normalized spacial score (nSPS) is 33.6. The van der Waals surface area contributed by atoms with Gasteiger partial charge in [-0.3, -0.25) is 4.79 Å². The van der Waals surface area contributed by atoms with Gasteiger partial charge in [0.15, 0.2) is 0 Å². The summed E-state index contributed by atoms with van der Waals surface area (Å²) in [4.78, 5) is 26.7. The van der Waals surface area contributed by atoms with Gasteiger partial charge in [-0.15, -0.1) is 0 Å². The molecule has 21 heavy (non-hydrogen) atoms. The Morgan fingerprint density at radius 2 is 2.05 bits per heavy atom. The lowest BCUT2D eigenvalue weighted by molar-refractivity contribution is -0.159. The van der Waals surface area contributed by atoms with Crippen LogP contribution >= 0.6 is 0 Å². The van der Waals surface area contributed by atoms with E-state index >= 15 is 0 Å². The van der Waals surface area contributed by atoms with E-state index in [2.05, 4.69) is 6.92 Å². The summed E-state index contributed by atoms with van der Waals surface area (Å²) in [5, 5.41) is 0. The van der Waals surface area contributed by atoms with Gasteiger partial charge in [0.1, 0.15) is 6.04 Å². The van der Waals surface area contributed by atoms with Gasteiger partial charge in [-0.25, -0.2) is 4.79 Å². The summed E-state index contributed by atoms with van der Waals surface area (Å²) in [5.74, 6) is 0.142. The molecule has 1 aliphatic heterocycles. The Morgan fingerprint density at radius 1 is 1.29 bits per heavy atom. The Hall–Kier alpha value is -1.10. The zero-order chi connectivity index (χ0) is 15.5. The van der Waals surface area contributed by atoms with Crippen LogP contribution in [0.1, 0.15) is 58.8 Å². The molecule has 120 valence electrons. The van der Waals surface area contributed by atoms with Crippen molar-refractivity contribution in [2.24, 2.45) is 11.7 Å². The van der Waals surface area contributed by atoms with Crippen LogP contribution < -0.4 is 5.73 Å². The number of carbonyl (C=O) groups is 2. The highest BCUT2D eigenvalue weighted by atomic mass is 16.5. The summed E-state index contributed by atoms with van der Waals surface area (Å²) in [6.45, 7) is 4.91. The van der Waals surface area contributed by atoms with Gasteiger partial charge in [0.05, 0.1) is 12.1 Å². The predicted octanol–water partition coefficient (Wildman–Crippen LogP) is 1.84. The monoisotopic (exact) mass is 296 g/mol. The lowest BCUT2D eigenvalue weighted by Crippen LogP contribution is -2.61. The Morgan fingerprint density at radius 3 is 2.71 bits per heavy atom. The van der Waals surface area contributed by atoms with Crippen molar-refractivity contribution in [3.63, 3.8) is 0 Å². The van der Waals surface area contributed by atoms with Gasteiger partial charge in [0.25, 0.3) is 0 Å². The molecule has 2 fully saturated rings. The molecule has 1 amide bonds. The minimum Gasteiger partial charge on any atom is -0.464 e. The minimum atomic E-state index is -0.792. The summed E-state index contributed by atoms with van der Waals surface area (Å²) < 4.78 is 5.13. The number of nitrogens with zero attached hydrogens (tertiary/aromatic N) is 1. The molecule has 2 N–H and O–H groups in total. The molecule has 3 unspecified atom stereocenters. The van der Waals surface area contributed by atoms with Crippen LogP contribution in [0, 0.1) is 5.92 Å². The number of hydrogen-bond donors (Lipinski definition) is 1. The maximum atomic E-state index is 12.9. The van der Waals surface area contributed by atoms with Crippen LogP contribution in [0.15, 0.2) is 0 Å². The summed E-state index contributed by atoms with van der Waals surface area (Å²) in [5.41, 5.74) is 5.62. The van der Waals surface area contributed by atoms with Gasteiger partial charge < -0.3 is 15.4 Å². The van der Waals surface area contributed by atoms with Gasteiger partial charge in [-0.05, 0) is 44.9 Å². The lowest BCUT2D eigenvalue weighted by Gasteiger charge is -2.42. The second-order valence-corrected chi connectivity index (χ2v) is 6.62. The fraction of sp³-hybridized carbons (Fsp3) is 0.875. The quantitative estimate of drug-likeness (QED) is 0.807. The van der Waals surface area contributed by atoms with Crippen molar-refractivity contribution >= 4 is 11.9 Å². The molecule has 5 nitrogen and oxygen atoms in total. The van der Waals surface area contributed by atoms with E-state index in [0.29, 0.717) is 25.5 Å². The highest BCUT2D eigenvalue weighted by molar-refractivity contribution is 5.90. The zero-order valence-corrected chi connectivity index (χ0v) is 13.3. The largest absolute Gasteiger partial charge is 0.464 e. The molecule has 0 spiro atoms. The Labute approximate surface area is 127 Å². The number of piperidine rings is 1. The van der Waals surface area contributed by atoms with E-state index in [9.17, 15) is 9.59 Å². The third-order valence-electron chi connectivity index (χ3n) is 4.78. The first-order valence-electron chi connectivity index (χ1n) is 8.24. The van der Waals surface area contributed by atoms with Crippen molar-refractivity contribution in [1.82, 2.24) is 4.90 Å². The van der Waals surface area contributed by atoms with Gasteiger partial charge in [0, 0.05) is 6.54 Å². The van der Waals surface area contributed by atoms with E-state index in [1.807, 2.05) is 0 Å². The van der Waals surface area contributed by atoms with Crippen LogP contribution in [-0.4, -0.2) is 41.5 Å². The van der Waals surface area contributed by atoms with Crippen molar-refractivity contribution < 1.29 is 14.3 Å². The minimum absolute atomic E-state index is 0.0493. The second-order valence-electron chi connectivity index (χ2n) is 6.62. The molecule has 2 rings (SSSR count).